The van der Waals surface area contributed by atoms with Crippen molar-refractivity contribution in [3.8, 4) is 0 Å². The Balaban J connectivity index is 4.54. The zero-order valence-electron chi connectivity index (χ0n) is 57.8. The number of phosphoric ester groups is 2. The normalized spacial score (nSPS) is 14.5. The highest BCUT2D eigenvalue weighted by molar-refractivity contribution is 7.47. The van der Waals surface area contributed by atoms with Crippen LogP contribution in [0.2, 0.25) is 0 Å². The topological polar surface area (TPSA) is 231 Å². The van der Waals surface area contributed by atoms with Gasteiger partial charge in [0.1, 0.15) is 25.4 Å². The Hall–Kier alpha value is -2.75. The van der Waals surface area contributed by atoms with Crippen LogP contribution in [0.25, 0.3) is 0 Å². The molecule has 91 heavy (non-hydrogen) atoms. The molecule has 0 saturated carbocycles. The van der Waals surface area contributed by atoms with Crippen molar-refractivity contribution < 1.29 is 75.8 Å². The number of carbonyl (C=O) groups excluding carboxylic acids is 3. The SMILES string of the molecule is CCCCC/C=C\C/C=C\C/C=C\C/C=C\CCCCCCCCCCCC(=O)OCC(O)COP(=O)(O)OCC(O)COP(=O)(O)OCC(COC(=O)CCCCCCC/C=C\CCCCCCCC)OC(=O)CCCCCCCCCCCCCCCCC. The molecular weight excluding hydrogens is 1190 g/mol. The smallest absolute Gasteiger partial charge is 0.463 e. The van der Waals surface area contributed by atoms with Gasteiger partial charge in [-0.1, -0.05) is 281 Å². The fourth-order valence-electron chi connectivity index (χ4n) is 10.1. The minimum Gasteiger partial charge on any atom is -0.463 e. The van der Waals surface area contributed by atoms with Gasteiger partial charge in [0.25, 0.3) is 0 Å². The molecular formula is C73H134O16P2. The second-order valence-corrected chi connectivity index (χ2v) is 27.7. The van der Waals surface area contributed by atoms with Crippen LogP contribution in [0.3, 0.4) is 0 Å². The number of carbonyl (C=O) groups is 3. The summed E-state index contributed by atoms with van der Waals surface area (Å²) in [5.41, 5.74) is 0. The molecule has 5 atom stereocenters. The lowest BCUT2D eigenvalue weighted by molar-refractivity contribution is -0.161. The zero-order valence-corrected chi connectivity index (χ0v) is 59.6. The Morgan fingerprint density at radius 3 is 0.901 bits per heavy atom. The van der Waals surface area contributed by atoms with E-state index in [0.717, 1.165) is 116 Å². The summed E-state index contributed by atoms with van der Waals surface area (Å²) in [6.07, 6.45) is 69.8. The lowest BCUT2D eigenvalue weighted by Gasteiger charge is -2.21. The molecule has 0 saturated heterocycles. The zero-order chi connectivity index (χ0) is 66.7. The summed E-state index contributed by atoms with van der Waals surface area (Å²) in [4.78, 5) is 58.4. The molecule has 0 heterocycles. The Labute approximate surface area is 554 Å². The number of aliphatic hydroxyl groups is 2. The van der Waals surface area contributed by atoms with Crippen molar-refractivity contribution in [3.63, 3.8) is 0 Å². The number of esters is 3. The van der Waals surface area contributed by atoms with E-state index in [1.807, 2.05) is 0 Å². The fraction of sp³-hybridized carbons (Fsp3) is 0.822. The average Bonchev–Trinajstić information content (AvgIpc) is 3.08. The van der Waals surface area contributed by atoms with Gasteiger partial charge in [-0.3, -0.25) is 32.5 Å². The number of phosphoric acid groups is 2. The van der Waals surface area contributed by atoms with Crippen molar-refractivity contribution >= 4 is 33.6 Å². The Bertz CT molecular complexity index is 1910. The molecule has 0 radical (unpaired) electrons. The molecule has 0 fully saturated rings. The quantitative estimate of drug-likeness (QED) is 0.0146. The average molecular weight is 1330 g/mol. The number of aliphatic hydroxyl groups excluding tert-OH is 2. The van der Waals surface area contributed by atoms with E-state index < -0.39 is 91.5 Å². The van der Waals surface area contributed by atoms with Gasteiger partial charge in [-0.05, 0) is 89.9 Å². The molecule has 0 aliphatic carbocycles. The van der Waals surface area contributed by atoms with Crippen molar-refractivity contribution in [1.82, 2.24) is 0 Å². The van der Waals surface area contributed by atoms with Crippen molar-refractivity contribution in [1.29, 1.82) is 0 Å². The Kier molecular flexibility index (Phi) is 65.2. The molecule has 532 valence electrons. The van der Waals surface area contributed by atoms with E-state index >= 15 is 0 Å². The maximum atomic E-state index is 12.9. The van der Waals surface area contributed by atoms with Crippen LogP contribution in [-0.2, 0) is 55.8 Å². The summed E-state index contributed by atoms with van der Waals surface area (Å²) in [6.45, 7) is 2.67. The van der Waals surface area contributed by atoms with Gasteiger partial charge in [-0.2, -0.15) is 0 Å². The first-order valence-corrected chi connectivity index (χ1v) is 39.6. The van der Waals surface area contributed by atoms with Crippen LogP contribution in [0.1, 0.15) is 329 Å². The number of ether oxygens (including phenoxy) is 3. The van der Waals surface area contributed by atoms with Crippen molar-refractivity contribution in [2.75, 3.05) is 39.6 Å². The van der Waals surface area contributed by atoms with E-state index in [2.05, 4.69) is 81.5 Å². The highest BCUT2D eigenvalue weighted by Crippen LogP contribution is 2.45. The number of unbranched alkanes of at least 4 members (excludes halogenated alkanes) is 37. The molecule has 4 N–H and O–H groups in total. The molecule has 0 bridgehead atoms. The van der Waals surface area contributed by atoms with Gasteiger partial charge in [0.15, 0.2) is 6.10 Å². The summed E-state index contributed by atoms with van der Waals surface area (Å²) in [7, 11) is -9.77. The molecule has 0 aliphatic heterocycles. The number of rotatable bonds is 70. The van der Waals surface area contributed by atoms with Crippen LogP contribution < -0.4 is 0 Å². The van der Waals surface area contributed by atoms with Gasteiger partial charge in [-0.15, -0.1) is 0 Å². The predicted octanol–water partition coefficient (Wildman–Crippen LogP) is 20.5. The van der Waals surface area contributed by atoms with E-state index in [9.17, 15) is 43.5 Å². The molecule has 5 unspecified atom stereocenters. The number of hydrogen-bond donors (Lipinski definition) is 4. The standard InChI is InChI=1S/C73H134O16P2/c1-4-7-10-13-16-19-22-25-28-29-30-31-32-33-34-35-36-37-40-42-44-47-50-53-56-59-71(76)83-62-68(74)63-85-90(79,80)86-64-69(75)65-87-91(81,82)88-67-70(89-73(78)61-58-55-52-49-46-43-39-27-24-21-18-15-12-9-6-3)66-84-72(77)60-57-54-51-48-45-41-38-26-23-20-17-14-11-8-5-2/h16,19,25-26,28,30-31,33-34,38,68-70,74-75H,4-15,17-18,20-24,27,29,32,35-37,39-67H2,1-3H3,(H,79,80)(H,81,82)/b19-16-,28-25-,31-30-,34-33-,38-26-. The largest absolute Gasteiger partial charge is 0.472 e. The van der Waals surface area contributed by atoms with E-state index in [1.54, 1.807) is 0 Å². The van der Waals surface area contributed by atoms with Gasteiger partial charge in [0, 0.05) is 19.3 Å². The maximum Gasteiger partial charge on any atom is 0.472 e. The summed E-state index contributed by atoms with van der Waals surface area (Å²) < 4.78 is 61.0. The van der Waals surface area contributed by atoms with Crippen LogP contribution in [0.4, 0.5) is 0 Å². The van der Waals surface area contributed by atoms with Gasteiger partial charge >= 0.3 is 33.6 Å². The second kappa shape index (κ2) is 67.2. The summed E-state index contributed by atoms with van der Waals surface area (Å²) in [5.74, 6) is -1.57. The molecule has 0 aliphatic rings. The third-order valence-corrected chi connectivity index (χ3v) is 17.6. The van der Waals surface area contributed by atoms with Crippen LogP contribution in [-0.4, -0.2) is 95.9 Å². The van der Waals surface area contributed by atoms with E-state index in [1.165, 1.54) is 154 Å². The highest BCUT2D eigenvalue weighted by atomic mass is 31.2. The van der Waals surface area contributed by atoms with Crippen LogP contribution >= 0.6 is 15.6 Å². The van der Waals surface area contributed by atoms with Gasteiger partial charge in [0.05, 0.1) is 26.4 Å². The molecule has 0 spiro atoms. The van der Waals surface area contributed by atoms with Gasteiger partial charge in [0.2, 0.25) is 0 Å². The van der Waals surface area contributed by atoms with Crippen LogP contribution in [0.15, 0.2) is 60.8 Å². The second-order valence-electron chi connectivity index (χ2n) is 24.7. The number of hydrogen-bond acceptors (Lipinski definition) is 14. The van der Waals surface area contributed by atoms with Crippen molar-refractivity contribution in [2.24, 2.45) is 0 Å². The van der Waals surface area contributed by atoms with E-state index in [4.69, 9.17) is 32.3 Å². The van der Waals surface area contributed by atoms with Gasteiger partial charge in [-0.25, -0.2) is 9.13 Å². The monoisotopic (exact) mass is 1330 g/mol. The van der Waals surface area contributed by atoms with Crippen LogP contribution in [0, 0.1) is 0 Å². The first-order valence-electron chi connectivity index (χ1n) is 36.6. The first kappa shape index (κ1) is 88.2. The third-order valence-electron chi connectivity index (χ3n) is 15.7. The molecule has 0 aromatic carbocycles. The fourth-order valence-corrected chi connectivity index (χ4v) is 11.7. The highest BCUT2D eigenvalue weighted by Gasteiger charge is 2.29. The molecule has 16 nitrogen and oxygen atoms in total. The van der Waals surface area contributed by atoms with Gasteiger partial charge < -0.3 is 34.2 Å². The van der Waals surface area contributed by atoms with Crippen molar-refractivity contribution in [2.45, 2.75) is 347 Å². The summed E-state index contributed by atoms with van der Waals surface area (Å²) in [6, 6.07) is 0. The third kappa shape index (κ3) is 68.4. The van der Waals surface area contributed by atoms with Crippen LogP contribution in [0.5, 0.6) is 0 Å². The molecule has 0 amide bonds. The molecule has 18 heteroatoms. The first-order chi connectivity index (χ1) is 44.2. The Morgan fingerprint density at radius 1 is 0.308 bits per heavy atom. The molecule has 0 aromatic rings. The minimum absolute atomic E-state index is 0.110. The van der Waals surface area contributed by atoms with E-state index in [-0.39, 0.29) is 19.3 Å². The molecule has 0 aromatic heterocycles. The Morgan fingerprint density at radius 2 is 0.549 bits per heavy atom. The maximum absolute atomic E-state index is 12.9. The predicted molar refractivity (Wildman–Crippen MR) is 372 cm³/mol. The lowest BCUT2D eigenvalue weighted by atomic mass is 10.0. The van der Waals surface area contributed by atoms with E-state index in [0.29, 0.717) is 19.3 Å². The number of allylic oxidation sites excluding steroid dienone is 10. The minimum atomic E-state index is -4.92. The summed E-state index contributed by atoms with van der Waals surface area (Å²) >= 11 is 0. The molecule has 0 rings (SSSR count). The lowest BCUT2D eigenvalue weighted by Crippen LogP contribution is -2.30. The van der Waals surface area contributed by atoms with Crippen molar-refractivity contribution in [3.05, 3.63) is 60.8 Å². The summed E-state index contributed by atoms with van der Waals surface area (Å²) in [5, 5.41) is 20.6.